The van der Waals surface area contributed by atoms with E-state index in [4.69, 9.17) is 14.2 Å². The lowest BCUT2D eigenvalue weighted by atomic mass is 9.95. The molecule has 182 valence electrons. The standard InChI is InChI=1S/C27H34FN3O3/c1-32-27(22-34-26-11-3-2-10-25(26)28)12-5-15-30(18-13-27)21-23-8-4-9-24(20-23)33-19-7-17-31-16-6-14-29-31/h2-4,6,8-11,14,16,20H,5,7,12-13,15,17-19,21-22H2,1H3/t27-/m1/s1. The van der Waals surface area contributed by atoms with Crippen molar-refractivity contribution in [2.75, 3.05) is 33.4 Å². The van der Waals surface area contributed by atoms with Gasteiger partial charge in [-0.05, 0) is 61.7 Å². The molecule has 2 aromatic carbocycles. The monoisotopic (exact) mass is 467 g/mol. The van der Waals surface area contributed by atoms with Crippen molar-refractivity contribution < 1.29 is 18.6 Å². The van der Waals surface area contributed by atoms with Gasteiger partial charge in [-0.2, -0.15) is 5.10 Å². The van der Waals surface area contributed by atoms with E-state index in [2.05, 4.69) is 28.2 Å². The molecular weight excluding hydrogens is 433 g/mol. The van der Waals surface area contributed by atoms with Crippen LogP contribution in [0.1, 0.15) is 31.2 Å². The van der Waals surface area contributed by atoms with E-state index in [1.807, 2.05) is 23.0 Å². The smallest absolute Gasteiger partial charge is 0.165 e. The number of aromatic nitrogens is 2. The minimum atomic E-state index is -0.406. The van der Waals surface area contributed by atoms with Crippen molar-refractivity contribution in [1.82, 2.24) is 14.7 Å². The van der Waals surface area contributed by atoms with E-state index in [1.54, 1.807) is 31.5 Å². The number of rotatable bonds is 11. The van der Waals surface area contributed by atoms with E-state index in [1.165, 1.54) is 11.6 Å². The van der Waals surface area contributed by atoms with E-state index < -0.39 is 5.60 Å². The summed E-state index contributed by atoms with van der Waals surface area (Å²) in [4.78, 5) is 2.45. The second-order valence-electron chi connectivity index (χ2n) is 8.85. The minimum Gasteiger partial charge on any atom is -0.494 e. The number of aryl methyl sites for hydroxylation is 1. The van der Waals surface area contributed by atoms with Crippen molar-refractivity contribution >= 4 is 0 Å². The molecule has 3 aromatic rings. The fraction of sp³-hybridized carbons (Fsp3) is 0.444. The van der Waals surface area contributed by atoms with Crippen LogP contribution in [-0.4, -0.2) is 53.7 Å². The molecule has 4 rings (SSSR count). The lowest BCUT2D eigenvalue weighted by molar-refractivity contribution is -0.0548. The summed E-state index contributed by atoms with van der Waals surface area (Å²) in [6.07, 6.45) is 7.38. The number of likely N-dealkylation sites (tertiary alicyclic amines) is 1. The van der Waals surface area contributed by atoms with Crippen LogP contribution in [0.3, 0.4) is 0 Å². The van der Waals surface area contributed by atoms with Crippen LogP contribution in [0.5, 0.6) is 11.5 Å². The number of methoxy groups -OCH3 is 1. The highest BCUT2D eigenvalue weighted by Gasteiger charge is 2.34. The third-order valence-corrected chi connectivity index (χ3v) is 6.41. The average Bonchev–Trinajstić information content (AvgIpc) is 3.30. The van der Waals surface area contributed by atoms with Crippen molar-refractivity contribution in [3.63, 3.8) is 0 Å². The third kappa shape index (κ3) is 6.81. The Hall–Kier alpha value is -2.90. The van der Waals surface area contributed by atoms with E-state index in [0.717, 1.165) is 57.6 Å². The molecule has 0 spiro atoms. The fourth-order valence-corrected chi connectivity index (χ4v) is 4.40. The van der Waals surface area contributed by atoms with Crippen LogP contribution < -0.4 is 9.47 Å². The molecule has 1 aliphatic heterocycles. The maximum absolute atomic E-state index is 14.0. The Morgan fingerprint density at radius 2 is 1.94 bits per heavy atom. The second-order valence-corrected chi connectivity index (χ2v) is 8.85. The molecule has 0 unspecified atom stereocenters. The van der Waals surface area contributed by atoms with Crippen LogP contribution in [0.2, 0.25) is 0 Å². The summed E-state index contributed by atoms with van der Waals surface area (Å²) in [6.45, 7) is 4.59. The Kier molecular flexibility index (Phi) is 8.55. The second kappa shape index (κ2) is 12.0. The van der Waals surface area contributed by atoms with Crippen molar-refractivity contribution in [1.29, 1.82) is 0 Å². The van der Waals surface area contributed by atoms with Gasteiger partial charge in [0.15, 0.2) is 11.6 Å². The first-order valence-electron chi connectivity index (χ1n) is 12.0. The van der Waals surface area contributed by atoms with Crippen LogP contribution in [0.25, 0.3) is 0 Å². The van der Waals surface area contributed by atoms with Gasteiger partial charge in [0.2, 0.25) is 0 Å². The Labute approximate surface area is 201 Å². The fourth-order valence-electron chi connectivity index (χ4n) is 4.40. The molecule has 1 aliphatic rings. The Bertz CT molecular complexity index is 1010. The van der Waals surface area contributed by atoms with Gasteiger partial charge in [0.1, 0.15) is 18.0 Å². The Morgan fingerprint density at radius 3 is 2.76 bits per heavy atom. The first-order chi connectivity index (χ1) is 16.7. The number of nitrogens with zero attached hydrogens (tertiary/aromatic N) is 3. The quantitative estimate of drug-likeness (QED) is 0.374. The molecule has 1 saturated heterocycles. The van der Waals surface area contributed by atoms with Crippen LogP contribution in [0.4, 0.5) is 4.39 Å². The van der Waals surface area contributed by atoms with E-state index in [0.29, 0.717) is 13.2 Å². The number of benzene rings is 2. The molecule has 0 bridgehead atoms. The topological polar surface area (TPSA) is 48.8 Å². The van der Waals surface area contributed by atoms with Gasteiger partial charge in [0.05, 0.1) is 6.61 Å². The van der Waals surface area contributed by atoms with Gasteiger partial charge in [-0.15, -0.1) is 0 Å². The predicted molar refractivity (Wildman–Crippen MR) is 130 cm³/mol. The van der Waals surface area contributed by atoms with Gasteiger partial charge in [-0.25, -0.2) is 4.39 Å². The van der Waals surface area contributed by atoms with Crippen molar-refractivity contribution in [2.45, 2.75) is 44.4 Å². The van der Waals surface area contributed by atoms with Crippen LogP contribution >= 0.6 is 0 Å². The molecule has 34 heavy (non-hydrogen) atoms. The normalized spacial score (nSPS) is 19.0. The third-order valence-electron chi connectivity index (χ3n) is 6.41. The summed E-state index contributed by atoms with van der Waals surface area (Å²) in [6, 6.07) is 16.8. The number of ether oxygens (including phenoxy) is 3. The number of halogens is 1. The van der Waals surface area contributed by atoms with Gasteiger partial charge in [-0.3, -0.25) is 9.58 Å². The molecular formula is C27H34FN3O3. The molecule has 1 fully saturated rings. The SMILES string of the molecule is CO[C@]1(COc2ccccc2F)CCCN(Cc2cccc(OCCCn3cccn3)c2)CC1. The molecule has 0 aliphatic carbocycles. The molecule has 2 heterocycles. The van der Waals surface area contributed by atoms with Crippen molar-refractivity contribution in [2.24, 2.45) is 0 Å². The van der Waals surface area contributed by atoms with Crippen molar-refractivity contribution in [3.8, 4) is 11.5 Å². The maximum Gasteiger partial charge on any atom is 0.165 e. The highest BCUT2D eigenvalue weighted by atomic mass is 19.1. The predicted octanol–water partition coefficient (Wildman–Crippen LogP) is 4.94. The van der Waals surface area contributed by atoms with Gasteiger partial charge in [-0.1, -0.05) is 24.3 Å². The molecule has 0 saturated carbocycles. The van der Waals surface area contributed by atoms with Crippen LogP contribution in [0.15, 0.2) is 67.0 Å². The summed E-state index contributed by atoms with van der Waals surface area (Å²) < 4.78 is 33.6. The highest BCUT2D eigenvalue weighted by Crippen LogP contribution is 2.29. The molecule has 0 amide bonds. The van der Waals surface area contributed by atoms with Crippen LogP contribution in [-0.2, 0) is 17.8 Å². The van der Waals surface area contributed by atoms with E-state index in [-0.39, 0.29) is 11.6 Å². The first-order valence-corrected chi connectivity index (χ1v) is 12.0. The summed E-state index contributed by atoms with van der Waals surface area (Å²) >= 11 is 0. The minimum absolute atomic E-state index is 0.279. The number of para-hydroxylation sites is 1. The number of hydrogen-bond donors (Lipinski definition) is 0. The molecule has 7 heteroatoms. The van der Waals surface area contributed by atoms with Gasteiger partial charge in [0.25, 0.3) is 0 Å². The lowest BCUT2D eigenvalue weighted by Crippen LogP contribution is -2.39. The summed E-state index contributed by atoms with van der Waals surface area (Å²) in [5.74, 6) is 0.839. The molecule has 0 radical (unpaired) electrons. The van der Waals surface area contributed by atoms with Gasteiger partial charge >= 0.3 is 0 Å². The molecule has 1 aromatic heterocycles. The molecule has 0 N–H and O–H groups in total. The van der Waals surface area contributed by atoms with E-state index >= 15 is 0 Å². The summed E-state index contributed by atoms with van der Waals surface area (Å²) in [5, 5.41) is 4.22. The summed E-state index contributed by atoms with van der Waals surface area (Å²) in [7, 11) is 1.73. The zero-order chi connectivity index (χ0) is 23.6. The largest absolute Gasteiger partial charge is 0.494 e. The van der Waals surface area contributed by atoms with E-state index in [9.17, 15) is 4.39 Å². The van der Waals surface area contributed by atoms with Gasteiger partial charge < -0.3 is 14.2 Å². The number of hydrogen-bond acceptors (Lipinski definition) is 5. The zero-order valence-electron chi connectivity index (χ0n) is 19.9. The lowest BCUT2D eigenvalue weighted by Gasteiger charge is -2.31. The zero-order valence-corrected chi connectivity index (χ0v) is 19.9. The Morgan fingerprint density at radius 1 is 1.03 bits per heavy atom. The van der Waals surface area contributed by atoms with Crippen LogP contribution in [0, 0.1) is 5.82 Å². The summed E-state index contributed by atoms with van der Waals surface area (Å²) in [5.41, 5.74) is 0.827. The van der Waals surface area contributed by atoms with Crippen molar-refractivity contribution in [3.05, 3.63) is 78.4 Å². The maximum atomic E-state index is 14.0. The Balaban J connectivity index is 1.26. The van der Waals surface area contributed by atoms with Gasteiger partial charge in [0, 0.05) is 45.6 Å². The molecule has 1 atom stereocenters. The first kappa shape index (κ1) is 24.2. The average molecular weight is 468 g/mol. The molecule has 6 nitrogen and oxygen atoms in total. The highest BCUT2D eigenvalue weighted by molar-refractivity contribution is 5.28.